The van der Waals surface area contributed by atoms with Gasteiger partial charge in [-0.05, 0) is 69.3 Å². The van der Waals surface area contributed by atoms with Gasteiger partial charge in [-0.25, -0.2) is 4.79 Å². The summed E-state index contributed by atoms with van der Waals surface area (Å²) in [6, 6.07) is 16.6. The fourth-order valence-corrected chi connectivity index (χ4v) is 8.92. The van der Waals surface area contributed by atoms with E-state index < -0.39 is 20.0 Å². The molecule has 1 unspecified atom stereocenters. The Labute approximate surface area is 327 Å². The second-order valence-electron chi connectivity index (χ2n) is 17.5. The van der Waals surface area contributed by atoms with Crippen LogP contribution in [-0.2, 0) is 26.9 Å². The van der Waals surface area contributed by atoms with Gasteiger partial charge in [-0.1, -0.05) is 63.7 Å². The van der Waals surface area contributed by atoms with Gasteiger partial charge in [0.05, 0.1) is 42.9 Å². The largest absolute Gasteiger partial charge is 0.461 e. The minimum atomic E-state index is -2.12. The standard InChI is InChI=1S/C42H57N7O5Si/c1-10-37(50)48-23-22-47(25-30(48)18-20-43)38-34-19-21-46(36-17-13-15-29-14-11-12-16-33(29)36)27-35(34)44-39(45-38)52-28-31-24-32(54-55(8,9)42(5,6)7)26-49(31)40(51)53-41(2,3)4/h10-17,30-32H,1,18-19,21-28H2,2-9H3/t30?,31-,32+/m0/s1. The fourth-order valence-electron chi connectivity index (χ4n) is 7.56. The number of amides is 2. The smallest absolute Gasteiger partial charge is 0.410 e. The third-order valence-electron chi connectivity index (χ3n) is 11.4. The zero-order chi connectivity index (χ0) is 39.7. The van der Waals surface area contributed by atoms with Crippen LogP contribution in [-0.4, -0.2) is 103 Å². The molecule has 3 aliphatic heterocycles. The third kappa shape index (κ3) is 8.91. The van der Waals surface area contributed by atoms with E-state index in [4.69, 9.17) is 23.9 Å². The van der Waals surface area contributed by atoms with Crippen LogP contribution in [0.15, 0.2) is 55.1 Å². The van der Waals surface area contributed by atoms with Crippen LogP contribution in [0, 0.1) is 11.3 Å². The predicted octanol–water partition coefficient (Wildman–Crippen LogP) is 7.09. The van der Waals surface area contributed by atoms with Gasteiger partial charge in [0.15, 0.2) is 8.32 Å². The van der Waals surface area contributed by atoms with Crippen LogP contribution in [0.1, 0.15) is 65.6 Å². The Morgan fingerprint density at radius 2 is 1.71 bits per heavy atom. The maximum absolute atomic E-state index is 13.6. The minimum absolute atomic E-state index is 0.0162. The Morgan fingerprint density at radius 3 is 2.42 bits per heavy atom. The highest BCUT2D eigenvalue weighted by atomic mass is 28.4. The molecule has 2 saturated heterocycles. The van der Waals surface area contributed by atoms with Crippen molar-refractivity contribution in [2.75, 3.05) is 49.1 Å². The lowest BCUT2D eigenvalue weighted by molar-refractivity contribution is -0.128. The summed E-state index contributed by atoms with van der Waals surface area (Å²) in [5, 5.41) is 12.1. The monoisotopic (exact) mass is 767 g/mol. The Kier molecular flexibility index (Phi) is 11.5. The summed E-state index contributed by atoms with van der Waals surface area (Å²) in [6.07, 6.45) is 2.28. The van der Waals surface area contributed by atoms with Crippen LogP contribution in [0.25, 0.3) is 10.8 Å². The van der Waals surface area contributed by atoms with Crippen molar-refractivity contribution in [3.8, 4) is 12.1 Å². The number of nitriles is 1. The number of aromatic nitrogens is 2. The summed E-state index contributed by atoms with van der Waals surface area (Å²) in [7, 11) is -2.12. The van der Waals surface area contributed by atoms with Gasteiger partial charge >= 0.3 is 12.1 Å². The molecule has 0 radical (unpaired) electrons. The SMILES string of the molecule is C=CC(=O)N1CCN(c2nc(OC[C@@H]3C[C@@H](O[Si](C)(C)C(C)(C)C)CN3C(=O)OC(C)(C)C)nc3c2CCN(c2cccc4ccccc24)C3)CC1CC#N. The Bertz CT molecular complexity index is 1950. The number of carbonyl (C=O) groups excluding carboxylic acids is 2. The molecule has 55 heavy (non-hydrogen) atoms. The molecule has 3 aromatic rings. The average molecular weight is 768 g/mol. The van der Waals surface area contributed by atoms with Crippen molar-refractivity contribution in [2.24, 2.45) is 0 Å². The summed E-state index contributed by atoms with van der Waals surface area (Å²) >= 11 is 0. The fraction of sp³-hybridized carbons (Fsp3) is 0.548. The van der Waals surface area contributed by atoms with E-state index in [9.17, 15) is 14.9 Å². The van der Waals surface area contributed by atoms with E-state index in [2.05, 4.69) is 98.8 Å². The quantitative estimate of drug-likeness (QED) is 0.165. The molecule has 1 aromatic heterocycles. The van der Waals surface area contributed by atoms with Crippen molar-refractivity contribution in [2.45, 2.75) is 109 Å². The molecule has 0 spiro atoms. The van der Waals surface area contributed by atoms with Gasteiger partial charge in [0.25, 0.3) is 0 Å². The van der Waals surface area contributed by atoms with E-state index in [1.807, 2.05) is 20.8 Å². The zero-order valence-corrected chi connectivity index (χ0v) is 34.8. The van der Waals surface area contributed by atoms with Gasteiger partial charge in [0, 0.05) is 49.4 Å². The first kappa shape index (κ1) is 40.0. The molecule has 0 bridgehead atoms. The van der Waals surface area contributed by atoms with E-state index >= 15 is 0 Å². The highest BCUT2D eigenvalue weighted by molar-refractivity contribution is 6.74. The highest BCUT2D eigenvalue weighted by Gasteiger charge is 2.45. The molecule has 3 atom stereocenters. The minimum Gasteiger partial charge on any atom is -0.461 e. The van der Waals surface area contributed by atoms with Crippen LogP contribution in [0.5, 0.6) is 6.01 Å². The number of hydrogen-bond acceptors (Lipinski definition) is 10. The predicted molar refractivity (Wildman–Crippen MR) is 218 cm³/mol. The molecule has 6 rings (SSSR count). The van der Waals surface area contributed by atoms with Crippen LogP contribution in [0.2, 0.25) is 18.1 Å². The van der Waals surface area contributed by atoms with Crippen LogP contribution < -0.4 is 14.5 Å². The van der Waals surface area contributed by atoms with Crippen molar-refractivity contribution in [3.05, 3.63) is 66.4 Å². The van der Waals surface area contributed by atoms with Gasteiger partial charge in [-0.15, -0.1) is 0 Å². The number of rotatable bonds is 9. The molecule has 2 fully saturated rings. The van der Waals surface area contributed by atoms with E-state index in [1.165, 1.54) is 16.8 Å². The normalized spacial score (nSPS) is 20.6. The van der Waals surface area contributed by atoms with Crippen molar-refractivity contribution in [1.82, 2.24) is 19.8 Å². The van der Waals surface area contributed by atoms with Gasteiger partial charge in [0.2, 0.25) is 5.91 Å². The van der Waals surface area contributed by atoms with Gasteiger partial charge in [-0.3, -0.25) is 9.69 Å². The summed E-state index contributed by atoms with van der Waals surface area (Å²) < 4.78 is 19.2. The first-order chi connectivity index (χ1) is 26.0. The number of benzene rings is 2. The average Bonchev–Trinajstić information content (AvgIpc) is 3.53. The summed E-state index contributed by atoms with van der Waals surface area (Å²) in [4.78, 5) is 44.4. The number of fused-ring (bicyclic) bond motifs is 2. The van der Waals surface area contributed by atoms with Crippen molar-refractivity contribution < 1.29 is 23.5 Å². The Hall–Kier alpha value is -4.67. The van der Waals surface area contributed by atoms with Crippen LogP contribution in [0.3, 0.4) is 0 Å². The molecule has 2 aromatic carbocycles. The highest BCUT2D eigenvalue weighted by Crippen LogP contribution is 2.40. The maximum atomic E-state index is 13.6. The summed E-state index contributed by atoms with van der Waals surface area (Å²) in [5.41, 5.74) is 2.40. The van der Waals surface area contributed by atoms with E-state index in [0.717, 1.165) is 29.3 Å². The number of carbonyl (C=O) groups is 2. The van der Waals surface area contributed by atoms with Gasteiger partial charge in [0.1, 0.15) is 18.0 Å². The van der Waals surface area contributed by atoms with Crippen molar-refractivity contribution in [3.63, 3.8) is 0 Å². The van der Waals surface area contributed by atoms with E-state index in [1.54, 1.807) is 9.80 Å². The number of ether oxygens (including phenoxy) is 2. The lowest BCUT2D eigenvalue weighted by Gasteiger charge is -2.42. The molecule has 294 valence electrons. The van der Waals surface area contributed by atoms with Crippen molar-refractivity contribution >= 4 is 42.6 Å². The first-order valence-corrected chi connectivity index (χ1v) is 22.4. The van der Waals surface area contributed by atoms with Gasteiger partial charge < -0.3 is 28.6 Å². The lowest BCUT2D eigenvalue weighted by Crippen LogP contribution is -2.55. The molecule has 4 heterocycles. The number of nitrogens with zero attached hydrogens (tertiary/aromatic N) is 7. The lowest BCUT2D eigenvalue weighted by atomic mass is 10.0. The molecule has 3 aliphatic rings. The third-order valence-corrected chi connectivity index (χ3v) is 15.9. The molecule has 0 aliphatic carbocycles. The Morgan fingerprint density at radius 1 is 0.964 bits per heavy atom. The van der Waals surface area contributed by atoms with Crippen molar-refractivity contribution in [1.29, 1.82) is 5.26 Å². The Balaban J connectivity index is 1.31. The molecule has 13 heteroatoms. The molecular weight excluding hydrogens is 711 g/mol. The topological polar surface area (TPSA) is 124 Å². The number of hydrogen-bond donors (Lipinski definition) is 0. The molecule has 0 N–H and O–H groups in total. The van der Waals surface area contributed by atoms with E-state index in [-0.39, 0.29) is 48.2 Å². The first-order valence-electron chi connectivity index (χ1n) is 19.5. The maximum Gasteiger partial charge on any atom is 0.410 e. The molecule has 2 amide bonds. The molecule has 0 saturated carbocycles. The number of likely N-dealkylation sites (tertiary alicyclic amines) is 1. The number of anilines is 2. The summed E-state index contributed by atoms with van der Waals surface area (Å²) in [6.45, 7) is 23.7. The second-order valence-corrected chi connectivity index (χ2v) is 22.2. The number of piperazine rings is 1. The van der Waals surface area contributed by atoms with E-state index in [0.29, 0.717) is 45.6 Å². The molecular formula is C42H57N7O5Si. The second kappa shape index (κ2) is 15.8. The van der Waals surface area contributed by atoms with Crippen LogP contribution in [0.4, 0.5) is 16.3 Å². The zero-order valence-electron chi connectivity index (χ0n) is 33.8. The van der Waals surface area contributed by atoms with Gasteiger partial charge in [-0.2, -0.15) is 15.2 Å². The summed E-state index contributed by atoms with van der Waals surface area (Å²) in [5.74, 6) is 0.585. The van der Waals surface area contributed by atoms with Crippen LogP contribution >= 0.6 is 0 Å². The molecule has 12 nitrogen and oxygen atoms in total.